The van der Waals surface area contributed by atoms with Gasteiger partial charge in [-0.25, -0.2) is 0 Å². The maximum Gasteiger partial charge on any atom is 0.0447 e. The molecule has 0 aliphatic heterocycles. The highest BCUT2D eigenvalue weighted by molar-refractivity contribution is 5.61. The summed E-state index contributed by atoms with van der Waals surface area (Å²) in [7, 11) is 4.08. The van der Waals surface area contributed by atoms with Crippen molar-refractivity contribution in [2.45, 2.75) is 13.3 Å². The summed E-state index contributed by atoms with van der Waals surface area (Å²) in [6, 6.07) is 6.31. The molecule has 0 radical (unpaired) electrons. The Hall–Kier alpha value is -1.22. The third-order valence-corrected chi connectivity index (χ3v) is 2.35. The van der Waals surface area contributed by atoms with Crippen molar-refractivity contribution < 1.29 is 5.11 Å². The number of aliphatic hydroxyl groups excluding tert-OH is 1. The number of benzene rings is 1. The minimum atomic E-state index is 0.236. The first-order valence-electron chi connectivity index (χ1n) is 5.28. The largest absolute Gasteiger partial charge is 0.396 e. The monoisotopic (exact) mass is 208 g/mol. The van der Waals surface area contributed by atoms with Crippen LogP contribution in [-0.4, -0.2) is 32.4 Å². The minimum Gasteiger partial charge on any atom is -0.396 e. The smallest absolute Gasteiger partial charge is 0.0447 e. The van der Waals surface area contributed by atoms with Crippen molar-refractivity contribution in [2.75, 3.05) is 37.5 Å². The van der Waals surface area contributed by atoms with Crippen LogP contribution in [0.2, 0.25) is 0 Å². The maximum absolute atomic E-state index is 8.68. The molecule has 0 atom stereocenters. The first kappa shape index (κ1) is 11.9. The molecule has 0 amide bonds. The quantitative estimate of drug-likeness (QED) is 0.725. The van der Waals surface area contributed by atoms with E-state index in [-0.39, 0.29) is 6.61 Å². The van der Waals surface area contributed by atoms with Crippen LogP contribution in [0.3, 0.4) is 0 Å². The lowest BCUT2D eigenvalue weighted by molar-refractivity contribution is 0.292. The molecule has 0 aromatic heterocycles. The molecule has 84 valence electrons. The van der Waals surface area contributed by atoms with Gasteiger partial charge in [0.25, 0.3) is 0 Å². The average molecular weight is 208 g/mol. The third-order valence-electron chi connectivity index (χ3n) is 2.35. The Morgan fingerprint density at radius 1 is 1.33 bits per heavy atom. The second-order valence-corrected chi connectivity index (χ2v) is 3.90. The molecular formula is C12H20N2O. The maximum atomic E-state index is 8.68. The second kappa shape index (κ2) is 5.61. The van der Waals surface area contributed by atoms with Crippen molar-refractivity contribution in [3.63, 3.8) is 0 Å². The number of anilines is 2. The molecule has 0 aliphatic carbocycles. The molecule has 0 heterocycles. The topological polar surface area (TPSA) is 35.5 Å². The standard InChI is InChI=1S/C12H20N2O/c1-10-5-6-11(13-7-4-8-15)9-12(10)14(2)3/h5-6,9,13,15H,4,7-8H2,1-3H3. The molecule has 15 heavy (non-hydrogen) atoms. The van der Waals surface area contributed by atoms with Gasteiger partial charge >= 0.3 is 0 Å². The summed E-state index contributed by atoms with van der Waals surface area (Å²) in [6.45, 7) is 3.15. The third kappa shape index (κ3) is 3.44. The number of hydrogen-bond acceptors (Lipinski definition) is 3. The summed E-state index contributed by atoms with van der Waals surface area (Å²) in [5, 5.41) is 12.0. The number of nitrogens with one attached hydrogen (secondary N) is 1. The van der Waals surface area contributed by atoms with Gasteiger partial charge < -0.3 is 15.3 Å². The predicted octanol–water partition coefficient (Wildman–Crippen LogP) is 1.86. The zero-order valence-corrected chi connectivity index (χ0v) is 9.75. The SMILES string of the molecule is Cc1ccc(NCCCO)cc1N(C)C. The summed E-state index contributed by atoms with van der Waals surface area (Å²) < 4.78 is 0. The Balaban J connectivity index is 2.70. The molecule has 1 rings (SSSR count). The van der Waals surface area contributed by atoms with E-state index in [4.69, 9.17) is 5.11 Å². The van der Waals surface area contributed by atoms with Crippen LogP contribution < -0.4 is 10.2 Å². The fraction of sp³-hybridized carbons (Fsp3) is 0.500. The molecule has 0 bridgehead atoms. The van der Waals surface area contributed by atoms with E-state index < -0.39 is 0 Å². The van der Waals surface area contributed by atoms with Gasteiger partial charge in [0.2, 0.25) is 0 Å². The molecule has 1 aromatic carbocycles. The van der Waals surface area contributed by atoms with Crippen molar-refractivity contribution >= 4 is 11.4 Å². The predicted molar refractivity (Wildman–Crippen MR) is 65.7 cm³/mol. The fourth-order valence-corrected chi connectivity index (χ4v) is 1.51. The number of aliphatic hydroxyl groups is 1. The average Bonchev–Trinajstić information content (AvgIpc) is 2.20. The Labute approximate surface area is 91.7 Å². The zero-order chi connectivity index (χ0) is 11.3. The van der Waals surface area contributed by atoms with Gasteiger partial charge in [-0.15, -0.1) is 0 Å². The number of nitrogens with zero attached hydrogens (tertiary/aromatic N) is 1. The van der Waals surface area contributed by atoms with Crippen molar-refractivity contribution in [3.05, 3.63) is 23.8 Å². The number of aryl methyl sites for hydroxylation is 1. The normalized spacial score (nSPS) is 10.1. The lowest BCUT2D eigenvalue weighted by Gasteiger charge is -2.17. The number of hydrogen-bond donors (Lipinski definition) is 2. The summed E-state index contributed by atoms with van der Waals surface area (Å²) in [4.78, 5) is 2.10. The van der Waals surface area contributed by atoms with Crippen LogP contribution in [0, 0.1) is 6.92 Å². The van der Waals surface area contributed by atoms with Crippen molar-refractivity contribution in [1.82, 2.24) is 0 Å². The first-order chi connectivity index (χ1) is 7.15. The van der Waals surface area contributed by atoms with E-state index >= 15 is 0 Å². The van der Waals surface area contributed by atoms with Gasteiger partial charge in [0.15, 0.2) is 0 Å². The van der Waals surface area contributed by atoms with E-state index in [1.54, 1.807) is 0 Å². The van der Waals surface area contributed by atoms with Gasteiger partial charge in [-0.3, -0.25) is 0 Å². The van der Waals surface area contributed by atoms with Crippen molar-refractivity contribution in [2.24, 2.45) is 0 Å². The van der Waals surface area contributed by atoms with E-state index in [1.165, 1.54) is 11.3 Å². The van der Waals surface area contributed by atoms with E-state index in [1.807, 2.05) is 14.1 Å². The highest BCUT2D eigenvalue weighted by Gasteiger charge is 2.01. The van der Waals surface area contributed by atoms with Crippen LogP contribution in [0.1, 0.15) is 12.0 Å². The van der Waals surface area contributed by atoms with Gasteiger partial charge in [-0.2, -0.15) is 0 Å². The Kier molecular flexibility index (Phi) is 4.43. The van der Waals surface area contributed by atoms with E-state index in [9.17, 15) is 0 Å². The highest BCUT2D eigenvalue weighted by atomic mass is 16.3. The van der Waals surface area contributed by atoms with E-state index in [0.717, 1.165) is 18.7 Å². The van der Waals surface area contributed by atoms with Crippen LogP contribution >= 0.6 is 0 Å². The Bertz CT molecular complexity index is 310. The first-order valence-corrected chi connectivity index (χ1v) is 5.28. The van der Waals surface area contributed by atoms with Crippen molar-refractivity contribution in [3.8, 4) is 0 Å². The molecular weight excluding hydrogens is 188 g/mol. The highest BCUT2D eigenvalue weighted by Crippen LogP contribution is 2.22. The van der Waals surface area contributed by atoms with Gasteiger partial charge in [0, 0.05) is 38.6 Å². The summed E-state index contributed by atoms with van der Waals surface area (Å²) in [6.07, 6.45) is 0.783. The van der Waals surface area contributed by atoms with Gasteiger partial charge in [-0.1, -0.05) is 6.07 Å². The van der Waals surface area contributed by atoms with Crippen LogP contribution in [-0.2, 0) is 0 Å². The molecule has 0 unspecified atom stereocenters. The lowest BCUT2D eigenvalue weighted by Crippen LogP contribution is -2.11. The van der Waals surface area contributed by atoms with Crippen LogP contribution in [0.4, 0.5) is 11.4 Å². The van der Waals surface area contributed by atoms with Gasteiger partial charge in [-0.05, 0) is 31.0 Å². The Morgan fingerprint density at radius 3 is 2.67 bits per heavy atom. The minimum absolute atomic E-state index is 0.236. The molecule has 0 saturated heterocycles. The summed E-state index contributed by atoms with van der Waals surface area (Å²) >= 11 is 0. The Morgan fingerprint density at radius 2 is 2.07 bits per heavy atom. The van der Waals surface area contributed by atoms with E-state index in [0.29, 0.717) is 0 Å². The number of rotatable bonds is 5. The van der Waals surface area contributed by atoms with Gasteiger partial charge in [0.05, 0.1) is 0 Å². The molecule has 0 saturated carbocycles. The molecule has 0 fully saturated rings. The summed E-state index contributed by atoms with van der Waals surface area (Å²) in [5.74, 6) is 0. The van der Waals surface area contributed by atoms with Gasteiger partial charge in [0.1, 0.15) is 0 Å². The molecule has 1 aromatic rings. The van der Waals surface area contributed by atoms with E-state index in [2.05, 4.69) is 35.3 Å². The molecule has 0 aliphatic rings. The second-order valence-electron chi connectivity index (χ2n) is 3.90. The lowest BCUT2D eigenvalue weighted by atomic mass is 10.1. The van der Waals surface area contributed by atoms with Crippen LogP contribution in [0.25, 0.3) is 0 Å². The fourth-order valence-electron chi connectivity index (χ4n) is 1.51. The van der Waals surface area contributed by atoms with Crippen LogP contribution in [0.15, 0.2) is 18.2 Å². The molecule has 3 nitrogen and oxygen atoms in total. The van der Waals surface area contributed by atoms with Crippen LogP contribution in [0.5, 0.6) is 0 Å². The molecule has 0 spiro atoms. The zero-order valence-electron chi connectivity index (χ0n) is 9.75. The summed E-state index contributed by atoms with van der Waals surface area (Å²) in [5.41, 5.74) is 3.61. The molecule has 2 N–H and O–H groups in total. The molecule has 3 heteroatoms. The van der Waals surface area contributed by atoms with Crippen molar-refractivity contribution in [1.29, 1.82) is 0 Å².